The molecule has 0 radical (unpaired) electrons. The van der Waals surface area contributed by atoms with Crippen LogP contribution in [0.1, 0.15) is 5.69 Å². The molecular formula is C9H9BrN2O. The number of aromatic nitrogens is 2. The molecule has 0 aliphatic rings. The summed E-state index contributed by atoms with van der Waals surface area (Å²) in [6.45, 7) is 0. The predicted molar refractivity (Wildman–Crippen MR) is 55.0 cm³/mol. The van der Waals surface area contributed by atoms with Gasteiger partial charge in [0.15, 0.2) is 0 Å². The van der Waals surface area contributed by atoms with Gasteiger partial charge in [0.1, 0.15) is 5.75 Å². The van der Waals surface area contributed by atoms with Crippen LogP contribution in [-0.2, 0) is 12.4 Å². The Bertz CT molecular complexity index is 450. The summed E-state index contributed by atoms with van der Waals surface area (Å²) in [4.78, 5) is 0. The molecule has 0 aliphatic carbocycles. The van der Waals surface area contributed by atoms with Crippen molar-refractivity contribution in [1.29, 1.82) is 0 Å². The summed E-state index contributed by atoms with van der Waals surface area (Å²) < 4.78 is 1.82. The summed E-state index contributed by atoms with van der Waals surface area (Å²) in [7, 11) is 1.90. The second kappa shape index (κ2) is 3.03. The molecule has 2 aromatic rings. The second-order valence-corrected chi connectivity index (χ2v) is 3.47. The van der Waals surface area contributed by atoms with Gasteiger partial charge in [-0.25, -0.2) is 0 Å². The molecule has 0 amide bonds. The third-order valence-electron chi connectivity index (χ3n) is 2.07. The fourth-order valence-corrected chi connectivity index (χ4v) is 2.07. The monoisotopic (exact) mass is 240 g/mol. The number of nitrogens with zero attached hydrogens (tertiary/aromatic N) is 2. The van der Waals surface area contributed by atoms with Crippen LogP contribution in [0.5, 0.6) is 5.75 Å². The van der Waals surface area contributed by atoms with Crippen molar-refractivity contribution < 1.29 is 5.11 Å². The lowest BCUT2D eigenvalue weighted by Gasteiger charge is -1.95. The smallest absolute Gasteiger partial charge is 0.117 e. The normalized spacial score (nSPS) is 10.9. The summed E-state index contributed by atoms with van der Waals surface area (Å²) in [6.07, 6.45) is 0. The maximum atomic E-state index is 9.24. The Morgan fingerprint density at radius 3 is 3.00 bits per heavy atom. The molecule has 1 heterocycles. The minimum absolute atomic E-state index is 0.256. The Morgan fingerprint density at radius 2 is 2.31 bits per heavy atom. The molecule has 0 fully saturated rings. The molecule has 0 unspecified atom stereocenters. The minimum atomic E-state index is 0.256. The van der Waals surface area contributed by atoms with E-state index in [2.05, 4.69) is 21.0 Å². The number of alkyl halides is 1. The summed E-state index contributed by atoms with van der Waals surface area (Å²) in [6, 6.07) is 5.23. The highest BCUT2D eigenvalue weighted by molar-refractivity contribution is 9.08. The number of rotatable bonds is 1. The molecule has 1 N–H and O–H groups in total. The van der Waals surface area contributed by atoms with Crippen LogP contribution in [0.3, 0.4) is 0 Å². The number of hydrogen-bond donors (Lipinski definition) is 1. The topological polar surface area (TPSA) is 38.0 Å². The van der Waals surface area contributed by atoms with E-state index in [1.54, 1.807) is 12.1 Å². The van der Waals surface area contributed by atoms with E-state index in [0.29, 0.717) is 0 Å². The molecule has 1 aromatic heterocycles. The number of hydrogen-bond acceptors (Lipinski definition) is 2. The molecule has 2 rings (SSSR count). The molecule has 3 nitrogen and oxygen atoms in total. The highest BCUT2D eigenvalue weighted by atomic mass is 79.9. The summed E-state index contributed by atoms with van der Waals surface area (Å²) in [5.74, 6) is 0.256. The first kappa shape index (κ1) is 8.56. The lowest BCUT2D eigenvalue weighted by Crippen LogP contribution is -1.94. The summed E-state index contributed by atoms with van der Waals surface area (Å²) in [5, 5.41) is 15.4. The van der Waals surface area contributed by atoms with Crippen LogP contribution in [0.4, 0.5) is 0 Å². The van der Waals surface area contributed by atoms with E-state index in [1.165, 1.54) is 0 Å². The quantitative estimate of drug-likeness (QED) is 0.777. The highest BCUT2D eigenvalue weighted by Crippen LogP contribution is 2.23. The molecule has 4 heteroatoms. The summed E-state index contributed by atoms with van der Waals surface area (Å²) >= 11 is 3.40. The first-order chi connectivity index (χ1) is 6.22. The third-order valence-corrected chi connectivity index (χ3v) is 2.60. The Morgan fingerprint density at radius 1 is 1.54 bits per heavy atom. The number of phenols is 1. The van der Waals surface area contributed by atoms with Crippen molar-refractivity contribution in [2.24, 2.45) is 7.05 Å². The van der Waals surface area contributed by atoms with E-state index in [1.807, 2.05) is 17.8 Å². The van der Waals surface area contributed by atoms with E-state index < -0.39 is 0 Å². The van der Waals surface area contributed by atoms with Crippen molar-refractivity contribution in [3.63, 3.8) is 0 Å². The van der Waals surface area contributed by atoms with Crippen LogP contribution in [-0.4, -0.2) is 14.9 Å². The van der Waals surface area contributed by atoms with Crippen molar-refractivity contribution in [1.82, 2.24) is 9.78 Å². The van der Waals surface area contributed by atoms with Gasteiger partial charge in [-0.3, -0.25) is 4.68 Å². The van der Waals surface area contributed by atoms with E-state index in [9.17, 15) is 5.11 Å². The Labute approximate surface area is 84.1 Å². The lowest BCUT2D eigenvalue weighted by molar-refractivity contribution is 0.476. The molecule has 0 aliphatic heterocycles. The average molecular weight is 241 g/mol. The molecule has 0 spiro atoms. The highest BCUT2D eigenvalue weighted by Gasteiger charge is 2.07. The number of phenolic OH excluding ortho intramolecular Hbond substituents is 1. The molecule has 1 aromatic carbocycles. The molecule has 13 heavy (non-hydrogen) atoms. The second-order valence-electron chi connectivity index (χ2n) is 2.91. The molecular weight excluding hydrogens is 232 g/mol. The van der Waals surface area contributed by atoms with Crippen LogP contribution in [0.25, 0.3) is 10.9 Å². The van der Waals surface area contributed by atoms with Gasteiger partial charge in [0, 0.05) is 23.8 Å². The van der Waals surface area contributed by atoms with Crippen molar-refractivity contribution in [2.75, 3.05) is 0 Å². The van der Waals surface area contributed by atoms with Crippen LogP contribution in [0.2, 0.25) is 0 Å². The van der Waals surface area contributed by atoms with Crippen molar-refractivity contribution in [2.45, 2.75) is 5.33 Å². The standard InChI is InChI=1S/C9H9BrN2O/c1-12-9(5-10)7-3-2-6(13)4-8(7)11-12/h2-4,13H,5H2,1H3. The number of benzene rings is 1. The van der Waals surface area contributed by atoms with Crippen LogP contribution < -0.4 is 0 Å². The average Bonchev–Trinajstić information content (AvgIpc) is 2.39. The van der Waals surface area contributed by atoms with Gasteiger partial charge in [0.25, 0.3) is 0 Å². The van der Waals surface area contributed by atoms with E-state index in [0.717, 1.165) is 21.9 Å². The van der Waals surface area contributed by atoms with Gasteiger partial charge >= 0.3 is 0 Å². The number of aryl methyl sites for hydroxylation is 1. The fourth-order valence-electron chi connectivity index (χ4n) is 1.40. The Balaban J connectivity index is 2.79. The Hall–Kier alpha value is -1.03. The van der Waals surface area contributed by atoms with Gasteiger partial charge in [-0.1, -0.05) is 15.9 Å². The maximum absolute atomic E-state index is 9.24. The zero-order valence-electron chi connectivity index (χ0n) is 7.16. The maximum Gasteiger partial charge on any atom is 0.117 e. The summed E-state index contributed by atoms with van der Waals surface area (Å²) in [5.41, 5.74) is 1.95. The molecule has 0 saturated heterocycles. The lowest BCUT2D eigenvalue weighted by atomic mass is 10.2. The van der Waals surface area contributed by atoms with Gasteiger partial charge in [-0.2, -0.15) is 5.10 Å². The van der Waals surface area contributed by atoms with Gasteiger partial charge < -0.3 is 5.11 Å². The van der Waals surface area contributed by atoms with E-state index >= 15 is 0 Å². The van der Waals surface area contributed by atoms with E-state index in [-0.39, 0.29) is 5.75 Å². The van der Waals surface area contributed by atoms with Gasteiger partial charge in [-0.15, -0.1) is 0 Å². The molecule has 0 bridgehead atoms. The van der Waals surface area contributed by atoms with Crippen molar-refractivity contribution in [3.05, 3.63) is 23.9 Å². The number of fused-ring (bicyclic) bond motifs is 1. The van der Waals surface area contributed by atoms with Crippen LogP contribution >= 0.6 is 15.9 Å². The largest absolute Gasteiger partial charge is 0.508 e. The number of aromatic hydroxyl groups is 1. The molecule has 0 saturated carbocycles. The Kier molecular flexibility index (Phi) is 2.00. The van der Waals surface area contributed by atoms with Crippen LogP contribution in [0, 0.1) is 0 Å². The number of halogens is 1. The van der Waals surface area contributed by atoms with E-state index in [4.69, 9.17) is 0 Å². The van der Waals surface area contributed by atoms with Gasteiger partial charge in [0.2, 0.25) is 0 Å². The minimum Gasteiger partial charge on any atom is -0.508 e. The van der Waals surface area contributed by atoms with Crippen molar-refractivity contribution >= 4 is 26.8 Å². The van der Waals surface area contributed by atoms with Gasteiger partial charge in [-0.05, 0) is 12.1 Å². The zero-order valence-corrected chi connectivity index (χ0v) is 8.74. The third kappa shape index (κ3) is 1.31. The first-order valence-electron chi connectivity index (χ1n) is 3.93. The first-order valence-corrected chi connectivity index (χ1v) is 5.05. The zero-order chi connectivity index (χ0) is 9.42. The van der Waals surface area contributed by atoms with Crippen molar-refractivity contribution in [3.8, 4) is 5.75 Å². The van der Waals surface area contributed by atoms with Gasteiger partial charge in [0.05, 0.1) is 11.2 Å². The predicted octanol–water partition coefficient (Wildman–Crippen LogP) is 2.17. The fraction of sp³-hybridized carbons (Fsp3) is 0.222. The molecule has 68 valence electrons. The SMILES string of the molecule is Cn1nc2cc(O)ccc2c1CBr. The van der Waals surface area contributed by atoms with Crippen LogP contribution in [0.15, 0.2) is 18.2 Å². The molecule has 0 atom stereocenters.